The lowest BCUT2D eigenvalue weighted by Crippen LogP contribution is -2.60. The van der Waals surface area contributed by atoms with Gasteiger partial charge in [0.2, 0.25) is 0 Å². The summed E-state index contributed by atoms with van der Waals surface area (Å²) in [6.45, 7) is -0.662. The van der Waals surface area contributed by atoms with E-state index < -0.39 is 15.9 Å². The van der Waals surface area contributed by atoms with Crippen LogP contribution < -0.4 is 5.14 Å². The molecular formula is C10H10FN3O3S. The van der Waals surface area contributed by atoms with Gasteiger partial charge in [0.05, 0.1) is 13.1 Å². The number of para-hydroxylation sites is 1. The average Bonchev–Trinajstić information content (AvgIpc) is 2.67. The second-order valence-electron chi connectivity index (χ2n) is 4.31. The first-order valence-electron chi connectivity index (χ1n) is 5.22. The van der Waals surface area contributed by atoms with Crippen molar-refractivity contribution in [2.75, 3.05) is 13.1 Å². The van der Waals surface area contributed by atoms with E-state index in [9.17, 15) is 12.8 Å². The van der Waals surface area contributed by atoms with Crippen LogP contribution in [0, 0.1) is 0 Å². The normalized spacial score (nSPS) is 19.9. The van der Waals surface area contributed by atoms with Crippen LogP contribution in [0.25, 0.3) is 11.0 Å². The van der Waals surface area contributed by atoms with E-state index in [4.69, 9.17) is 9.66 Å². The van der Waals surface area contributed by atoms with Crippen LogP contribution in [0.15, 0.2) is 28.8 Å². The van der Waals surface area contributed by atoms with Gasteiger partial charge in [0.1, 0.15) is 5.69 Å². The van der Waals surface area contributed by atoms with Crippen LogP contribution in [0.5, 0.6) is 0 Å². The molecule has 1 aromatic heterocycles. The molecule has 1 saturated heterocycles. The summed E-state index contributed by atoms with van der Waals surface area (Å²) in [4.78, 5) is 0. The number of fused-ring (bicyclic) bond motifs is 1. The van der Waals surface area contributed by atoms with Crippen molar-refractivity contribution in [3.8, 4) is 0 Å². The number of aromatic nitrogens is 1. The lowest BCUT2D eigenvalue weighted by molar-refractivity contribution is 0.0126. The molecule has 0 spiro atoms. The van der Waals surface area contributed by atoms with Crippen molar-refractivity contribution in [2.24, 2.45) is 5.14 Å². The zero-order chi connectivity index (χ0) is 13.0. The molecular weight excluding hydrogens is 261 g/mol. The van der Waals surface area contributed by atoms with E-state index in [0.717, 1.165) is 4.31 Å². The molecule has 2 N–H and O–H groups in total. The number of nitrogens with two attached hydrogens (primary N) is 1. The largest absolute Gasteiger partial charge is 0.356 e. The van der Waals surface area contributed by atoms with E-state index in [2.05, 4.69) is 5.16 Å². The van der Waals surface area contributed by atoms with Gasteiger partial charge >= 0.3 is 0 Å². The zero-order valence-electron chi connectivity index (χ0n) is 9.21. The highest BCUT2D eigenvalue weighted by molar-refractivity contribution is 7.86. The fourth-order valence-electron chi connectivity index (χ4n) is 2.05. The summed E-state index contributed by atoms with van der Waals surface area (Å²) >= 11 is 0. The first kappa shape index (κ1) is 11.6. The van der Waals surface area contributed by atoms with Crippen LogP contribution in [-0.2, 0) is 15.9 Å². The Bertz CT molecular complexity index is 706. The molecule has 96 valence electrons. The number of hydrogen-bond donors (Lipinski definition) is 1. The lowest BCUT2D eigenvalue weighted by Gasteiger charge is -2.40. The number of hydrogen-bond acceptors (Lipinski definition) is 4. The summed E-state index contributed by atoms with van der Waals surface area (Å²) in [7, 11) is -3.85. The molecule has 0 bridgehead atoms. The molecule has 18 heavy (non-hydrogen) atoms. The van der Waals surface area contributed by atoms with Crippen LogP contribution in [0.4, 0.5) is 4.39 Å². The zero-order valence-corrected chi connectivity index (χ0v) is 10.0. The van der Waals surface area contributed by atoms with E-state index in [1.807, 2.05) is 0 Å². The summed E-state index contributed by atoms with van der Waals surface area (Å²) in [6, 6.07) is 6.84. The Hall–Kier alpha value is -1.51. The maximum atomic E-state index is 14.5. The van der Waals surface area contributed by atoms with Crippen molar-refractivity contribution in [3.63, 3.8) is 0 Å². The Labute approximate surface area is 102 Å². The lowest BCUT2D eigenvalue weighted by atomic mass is 9.93. The number of rotatable bonds is 2. The van der Waals surface area contributed by atoms with E-state index in [1.165, 1.54) is 0 Å². The van der Waals surface area contributed by atoms with E-state index >= 15 is 0 Å². The second kappa shape index (κ2) is 3.50. The highest BCUT2D eigenvalue weighted by atomic mass is 32.2. The third kappa shape index (κ3) is 1.61. The molecule has 0 saturated carbocycles. The molecule has 0 radical (unpaired) electrons. The Balaban J connectivity index is 1.98. The predicted molar refractivity (Wildman–Crippen MR) is 61.5 cm³/mol. The quantitative estimate of drug-likeness (QED) is 0.861. The Morgan fingerprint density at radius 1 is 1.39 bits per heavy atom. The summed E-state index contributed by atoms with van der Waals surface area (Å²) in [5.74, 6) is 0. The van der Waals surface area contributed by atoms with Gasteiger partial charge in [0.25, 0.3) is 10.2 Å². The molecule has 2 aromatic rings. The van der Waals surface area contributed by atoms with Crippen LogP contribution in [0.3, 0.4) is 0 Å². The predicted octanol–water partition coefficient (Wildman–Crippen LogP) is 0.512. The maximum Gasteiger partial charge on any atom is 0.277 e. The summed E-state index contributed by atoms with van der Waals surface area (Å²) < 4.78 is 42.4. The Morgan fingerprint density at radius 2 is 2.06 bits per heavy atom. The standard InChI is InChI=1S/C10H10FN3O3S/c11-10(5-14(6-10)18(12,15)16)9-7-3-1-2-4-8(7)17-13-9/h1-4H,5-6H2,(H2,12,15,16). The minimum atomic E-state index is -3.85. The highest BCUT2D eigenvalue weighted by Crippen LogP contribution is 2.39. The van der Waals surface area contributed by atoms with Crippen molar-refractivity contribution in [1.82, 2.24) is 9.46 Å². The molecule has 6 nitrogen and oxygen atoms in total. The molecule has 1 aromatic carbocycles. The Kier molecular flexibility index (Phi) is 2.25. The third-order valence-corrected chi connectivity index (χ3v) is 3.99. The van der Waals surface area contributed by atoms with Gasteiger partial charge < -0.3 is 4.52 Å². The highest BCUT2D eigenvalue weighted by Gasteiger charge is 2.52. The van der Waals surface area contributed by atoms with Gasteiger partial charge in [-0.15, -0.1) is 0 Å². The molecule has 3 rings (SSSR count). The first-order chi connectivity index (χ1) is 8.40. The van der Waals surface area contributed by atoms with E-state index in [1.54, 1.807) is 24.3 Å². The third-order valence-electron chi connectivity index (χ3n) is 3.02. The van der Waals surface area contributed by atoms with E-state index in [-0.39, 0.29) is 18.8 Å². The van der Waals surface area contributed by atoms with Crippen molar-refractivity contribution < 1.29 is 17.3 Å². The van der Waals surface area contributed by atoms with Gasteiger partial charge in [-0.2, -0.15) is 12.7 Å². The van der Waals surface area contributed by atoms with Crippen LogP contribution in [0.2, 0.25) is 0 Å². The van der Waals surface area contributed by atoms with Gasteiger partial charge in [0.15, 0.2) is 11.3 Å². The first-order valence-corrected chi connectivity index (χ1v) is 6.72. The molecule has 1 aliphatic heterocycles. The number of halogens is 1. The molecule has 1 aliphatic rings. The number of benzene rings is 1. The van der Waals surface area contributed by atoms with Crippen molar-refractivity contribution >= 4 is 21.2 Å². The van der Waals surface area contributed by atoms with E-state index in [0.29, 0.717) is 11.0 Å². The van der Waals surface area contributed by atoms with Gasteiger partial charge in [0, 0.05) is 5.39 Å². The van der Waals surface area contributed by atoms with Crippen molar-refractivity contribution in [2.45, 2.75) is 5.67 Å². The smallest absolute Gasteiger partial charge is 0.277 e. The monoisotopic (exact) mass is 271 g/mol. The van der Waals surface area contributed by atoms with Crippen molar-refractivity contribution in [3.05, 3.63) is 30.0 Å². The summed E-state index contributed by atoms with van der Waals surface area (Å²) in [5, 5.41) is 9.16. The summed E-state index contributed by atoms with van der Waals surface area (Å²) in [6.07, 6.45) is 0. The van der Waals surface area contributed by atoms with Crippen LogP contribution in [-0.4, -0.2) is 31.0 Å². The van der Waals surface area contributed by atoms with Crippen LogP contribution >= 0.6 is 0 Å². The molecule has 0 aliphatic carbocycles. The maximum absolute atomic E-state index is 14.5. The Morgan fingerprint density at radius 3 is 2.72 bits per heavy atom. The minimum Gasteiger partial charge on any atom is -0.356 e. The molecule has 1 fully saturated rings. The molecule has 0 atom stereocenters. The molecule has 0 unspecified atom stereocenters. The average molecular weight is 271 g/mol. The topological polar surface area (TPSA) is 89.4 Å². The molecule has 2 heterocycles. The fourth-order valence-corrected chi connectivity index (χ4v) is 2.82. The van der Waals surface area contributed by atoms with Crippen LogP contribution in [0.1, 0.15) is 5.69 Å². The minimum absolute atomic E-state index is 0.123. The summed E-state index contributed by atoms with van der Waals surface area (Å²) in [5.41, 5.74) is -1.24. The van der Waals surface area contributed by atoms with Crippen molar-refractivity contribution in [1.29, 1.82) is 0 Å². The van der Waals surface area contributed by atoms with Gasteiger partial charge in [-0.05, 0) is 12.1 Å². The second-order valence-corrected chi connectivity index (χ2v) is 5.85. The van der Waals surface area contributed by atoms with Gasteiger partial charge in [-0.25, -0.2) is 9.53 Å². The van der Waals surface area contributed by atoms with Gasteiger partial charge in [-0.3, -0.25) is 0 Å². The number of alkyl halides is 1. The molecule has 8 heteroatoms. The number of nitrogens with zero attached hydrogens (tertiary/aromatic N) is 2. The SMILES string of the molecule is NS(=O)(=O)N1CC(F)(c2noc3ccccc23)C1. The van der Waals surface area contributed by atoms with Gasteiger partial charge in [-0.1, -0.05) is 17.3 Å². The molecule has 0 amide bonds. The fraction of sp³-hybridized carbons (Fsp3) is 0.300.